The number of carbonyl (C=O) groups excluding carboxylic acids is 1. The first kappa shape index (κ1) is 20.5. The molecule has 0 aliphatic heterocycles. The van der Waals surface area contributed by atoms with Gasteiger partial charge in [0, 0.05) is 17.2 Å². The molecule has 0 spiro atoms. The van der Waals surface area contributed by atoms with E-state index in [4.69, 9.17) is 4.98 Å². The Bertz CT molecular complexity index is 981. The number of rotatable bonds is 6. The van der Waals surface area contributed by atoms with Crippen LogP contribution in [-0.4, -0.2) is 32.9 Å². The molecule has 1 saturated carbocycles. The van der Waals surface area contributed by atoms with Gasteiger partial charge in [-0.3, -0.25) is 4.79 Å². The molecule has 3 aromatic rings. The average Bonchev–Trinajstić information content (AvgIpc) is 2.80. The van der Waals surface area contributed by atoms with E-state index in [1.165, 1.54) is 31.0 Å². The normalized spacial score (nSPS) is 18.7. The van der Waals surface area contributed by atoms with Crippen LogP contribution >= 0.6 is 11.8 Å². The molecule has 1 aliphatic carbocycles. The highest BCUT2D eigenvalue weighted by Crippen LogP contribution is 2.29. The van der Waals surface area contributed by atoms with E-state index in [2.05, 4.69) is 22.4 Å². The Morgan fingerprint density at radius 3 is 2.23 bits per heavy atom. The standard InChI is InChI=1S/C24H26N4OS/c1-17-10-8-9-15-20(17)25-21(29)16-30-24-26-22(18-11-4-2-5-12-18)23(27-28-24)19-13-6-3-7-14-19/h2-7,11-14,17,20H,8-10,15-16H2,1H3,(H,25,29)/t17-,20+/m1/s1. The van der Waals surface area contributed by atoms with Crippen molar-refractivity contribution in [2.45, 2.75) is 43.8 Å². The van der Waals surface area contributed by atoms with E-state index in [9.17, 15) is 4.79 Å². The second-order valence-electron chi connectivity index (χ2n) is 7.75. The van der Waals surface area contributed by atoms with E-state index in [0.717, 1.165) is 28.9 Å². The molecular weight excluding hydrogens is 392 g/mol. The van der Waals surface area contributed by atoms with Crippen LogP contribution in [0.15, 0.2) is 65.8 Å². The molecule has 0 saturated heterocycles. The molecule has 1 N–H and O–H groups in total. The predicted molar refractivity (Wildman–Crippen MR) is 121 cm³/mol. The molecule has 1 amide bonds. The van der Waals surface area contributed by atoms with E-state index in [1.807, 2.05) is 60.7 Å². The highest BCUT2D eigenvalue weighted by atomic mass is 32.2. The summed E-state index contributed by atoms with van der Waals surface area (Å²) in [5.41, 5.74) is 3.47. The summed E-state index contributed by atoms with van der Waals surface area (Å²) < 4.78 is 0. The summed E-state index contributed by atoms with van der Waals surface area (Å²) in [6.45, 7) is 2.22. The fourth-order valence-electron chi connectivity index (χ4n) is 3.87. The minimum absolute atomic E-state index is 0.0377. The van der Waals surface area contributed by atoms with Gasteiger partial charge in [-0.25, -0.2) is 4.98 Å². The molecule has 1 fully saturated rings. The third kappa shape index (κ3) is 5.05. The lowest BCUT2D eigenvalue weighted by Crippen LogP contribution is -2.41. The molecule has 5 nitrogen and oxygen atoms in total. The van der Waals surface area contributed by atoms with Gasteiger partial charge in [0.1, 0.15) is 11.4 Å². The average molecular weight is 419 g/mol. The first-order valence-corrected chi connectivity index (χ1v) is 11.5. The third-order valence-electron chi connectivity index (χ3n) is 5.55. The molecular formula is C24H26N4OS. The minimum atomic E-state index is 0.0377. The molecule has 0 radical (unpaired) electrons. The van der Waals surface area contributed by atoms with E-state index in [-0.39, 0.29) is 11.9 Å². The van der Waals surface area contributed by atoms with Crippen molar-refractivity contribution >= 4 is 17.7 Å². The highest BCUT2D eigenvalue weighted by molar-refractivity contribution is 7.99. The molecule has 2 aromatic carbocycles. The maximum absolute atomic E-state index is 12.5. The van der Waals surface area contributed by atoms with Gasteiger partial charge >= 0.3 is 0 Å². The Hall–Kier alpha value is -2.73. The quantitative estimate of drug-likeness (QED) is 0.571. The lowest BCUT2D eigenvalue weighted by Gasteiger charge is -2.29. The second-order valence-corrected chi connectivity index (χ2v) is 8.69. The van der Waals surface area contributed by atoms with Crippen LogP contribution in [0.25, 0.3) is 22.5 Å². The molecule has 4 rings (SSSR count). The minimum Gasteiger partial charge on any atom is -0.352 e. The Labute approximate surface area is 181 Å². The maximum Gasteiger partial charge on any atom is 0.230 e. The van der Waals surface area contributed by atoms with Crippen LogP contribution in [0.2, 0.25) is 0 Å². The van der Waals surface area contributed by atoms with Crippen molar-refractivity contribution in [2.24, 2.45) is 5.92 Å². The monoisotopic (exact) mass is 418 g/mol. The first-order chi connectivity index (χ1) is 14.7. The molecule has 0 bridgehead atoms. The number of hydrogen-bond acceptors (Lipinski definition) is 5. The van der Waals surface area contributed by atoms with Crippen molar-refractivity contribution in [3.63, 3.8) is 0 Å². The Kier molecular flexibility index (Phi) is 6.74. The van der Waals surface area contributed by atoms with Gasteiger partial charge in [-0.05, 0) is 18.8 Å². The van der Waals surface area contributed by atoms with Crippen LogP contribution in [0.5, 0.6) is 0 Å². The fraction of sp³-hybridized carbons (Fsp3) is 0.333. The number of hydrogen-bond donors (Lipinski definition) is 1. The van der Waals surface area contributed by atoms with Crippen LogP contribution in [0.4, 0.5) is 0 Å². The van der Waals surface area contributed by atoms with Gasteiger partial charge in [0.15, 0.2) is 0 Å². The number of nitrogens with one attached hydrogen (secondary N) is 1. The van der Waals surface area contributed by atoms with Crippen molar-refractivity contribution in [2.75, 3.05) is 5.75 Å². The van der Waals surface area contributed by atoms with E-state index < -0.39 is 0 Å². The summed E-state index contributed by atoms with van der Waals surface area (Å²) in [4.78, 5) is 17.2. The summed E-state index contributed by atoms with van der Waals surface area (Å²) in [5.74, 6) is 0.875. The van der Waals surface area contributed by atoms with Gasteiger partial charge in [-0.1, -0.05) is 92.2 Å². The highest BCUT2D eigenvalue weighted by Gasteiger charge is 2.23. The number of benzene rings is 2. The van der Waals surface area contributed by atoms with Gasteiger partial charge in [0.25, 0.3) is 0 Å². The van der Waals surface area contributed by atoms with E-state index in [1.54, 1.807) is 0 Å². The topological polar surface area (TPSA) is 67.8 Å². The molecule has 1 aliphatic rings. The molecule has 30 heavy (non-hydrogen) atoms. The van der Waals surface area contributed by atoms with Gasteiger partial charge in [0.05, 0.1) is 5.75 Å². The Morgan fingerprint density at radius 2 is 1.57 bits per heavy atom. The van der Waals surface area contributed by atoms with Crippen molar-refractivity contribution in [1.29, 1.82) is 0 Å². The number of aromatic nitrogens is 3. The molecule has 1 heterocycles. The summed E-state index contributed by atoms with van der Waals surface area (Å²) in [5, 5.41) is 12.5. The summed E-state index contributed by atoms with van der Waals surface area (Å²) >= 11 is 1.33. The number of thioether (sulfide) groups is 1. The third-order valence-corrected chi connectivity index (χ3v) is 6.39. The van der Waals surface area contributed by atoms with Crippen molar-refractivity contribution in [3.05, 3.63) is 60.7 Å². The molecule has 6 heteroatoms. The lowest BCUT2D eigenvalue weighted by molar-refractivity contribution is -0.119. The zero-order valence-corrected chi connectivity index (χ0v) is 17.9. The second kappa shape index (κ2) is 9.85. The van der Waals surface area contributed by atoms with Crippen molar-refractivity contribution in [1.82, 2.24) is 20.5 Å². The smallest absolute Gasteiger partial charge is 0.230 e. The largest absolute Gasteiger partial charge is 0.352 e. The zero-order valence-electron chi connectivity index (χ0n) is 17.1. The number of nitrogens with zero attached hydrogens (tertiary/aromatic N) is 3. The van der Waals surface area contributed by atoms with Crippen LogP contribution < -0.4 is 5.32 Å². The van der Waals surface area contributed by atoms with Crippen molar-refractivity contribution < 1.29 is 4.79 Å². The maximum atomic E-state index is 12.5. The zero-order chi connectivity index (χ0) is 20.8. The summed E-state index contributed by atoms with van der Waals surface area (Å²) in [6.07, 6.45) is 4.71. The molecule has 154 valence electrons. The molecule has 2 atom stereocenters. The van der Waals surface area contributed by atoms with Crippen LogP contribution in [0.3, 0.4) is 0 Å². The van der Waals surface area contributed by atoms with Crippen molar-refractivity contribution in [3.8, 4) is 22.5 Å². The van der Waals surface area contributed by atoms with Crippen LogP contribution in [0.1, 0.15) is 32.6 Å². The van der Waals surface area contributed by atoms with Gasteiger partial charge in [0.2, 0.25) is 11.1 Å². The van der Waals surface area contributed by atoms with E-state index in [0.29, 0.717) is 16.8 Å². The Morgan fingerprint density at radius 1 is 0.933 bits per heavy atom. The number of carbonyl (C=O) groups is 1. The van der Waals surface area contributed by atoms with Gasteiger partial charge < -0.3 is 5.32 Å². The summed E-state index contributed by atoms with van der Waals surface area (Å²) in [6, 6.07) is 20.2. The van der Waals surface area contributed by atoms with E-state index >= 15 is 0 Å². The molecule has 0 unspecified atom stereocenters. The SMILES string of the molecule is C[C@@H]1CCCC[C@@H]1NC(=O)CSc1nnc(-c2ccccc2)c(-c2ccccc2)n1. The first-order valence-electron chi connectivity index (χ1n) is 10.5. The van der Waals surface area contributed by atoms with Gasteiger partial charge in [-0.15, -0.1) is 10.2 Å². The van der Waals surface area contributed by atoms with Crippen LogP contribution in [-0.2, 0) is 4.79 Å². The fourth-order valence-corrected chi connectivity index (χ4v) is 4.47. The number of amides is 1. The predicted octanol–water partition coefficient (Wildman–Crippen LogP) is 4.99. The van der Waals surface area contributed by atoms with Crippen LogP contribution in [0, 0.1) is 5.92 Å². The van der Waals surface area contributed by atoms with Gasteiger partial charge in [-0.2, -0.15) is 0 Å². The lowest BCUT2D eigenvalue weighted by atomic mass is 9.86. The Balaban J connectivity index is 1.51. The molecule has 1 aromatic heterocycles. The summed E-state index contributed by atoms with van der Waals surface area (Å²) in [7, 11) is 0.